The molecule has 0 bridgehead atoms. The average Bonchev–Trinajstić information content (AvgIpc) is 3.01. The van der Waals surface area contributed by atoms with E-state index in [0.29, 0.717) is 17.6 Å². The SMILES string of the molecule is COC(=O)CN(C(=O)CCc1c(C)nc2c(C#N)cnn2c1C)C(C)C. The molecule has 1 amide bonds. The number of carbonyl (C=O) groups is 2. The summed E-state index contributed by atoms with van der Waals surface area (Å²) >= 11 is 0. The predicted molar refractivity (Wildman–Crippen MR) is 94.4 cm³/mol. The fourth-order valence-electron chi connectivity index (χ4n) is 2.89. The van der Waals surface area contributed by atoms with E-state index >= 15 is 0 Å². The Morgan fingerprint density at radius 2 is 2.08 bits per heavy atom. The van der Waals surface area contributed by atoms with E-state index in [2.05, 4.69) is 20.9 Å². The summed E-state index contributed by atoms with van der Waals surface area (Å²) in [6.45, 7) is 7.41. The molecule has 0 N–H and O–H groups in total. The molecule has 0 radical (unpaired) electrons. The van der Waals surface area contributed by atoms with Crippen LogP contribution in [0.25, 0.3) is 5.65 Å². The first-order valence-electron chi connectivity index (χ1n) is 8.40. The molecule has 0 spiro atoms. The molecule has 0 fully saturated rings. The fraction of sp³-hybridized carbons (Fsp3) is 0.500. The van der Waals surface area contributed by atoms with Gasteiger partial charge in [0.05, 0.1) is 13.3 Å². The van der Waals surface area contributed by atoms with Gasteiger partial charge in [0.25, 0.3) is 0 Å². The molecular formula is C18H23N5O3. The molecule has 0 saturated heterocycles. The van der Waals surface area contributed by atoms with Crippen LogP contribution in [-0.4, -0.2) is 51.1 Å². The van der Waals surface area contributed by atoms with Crippen molar-refractivity contribution >= 4 is 17.5 Å². The maximum atomic E-state index is 12.6. The van der Waals surface area contributed by atoms with E-state index in [1.807, 2.05) is 27.7 Å². The molecule has 2 rings (SSSR count). The van der Waals surface area contributed by atoms with E-state index in [-0.39, 0.29) is 24.9 Å². The highest BCUT2D eigenvalue weighted by Gasteiger charge is 2.21. The zero-order chi connectivity index (χ0) is 19.4. The Kier molecular flexibility index (Phi) is 5.93. The van der Waals surface area contributed by atoms with E-state index in [0.717, 1.165) is 17.0 Å². The van der Waals surface area contributed by atoms with Crippen LogP contribution in [0, 0.1) is 25.2 Å². The maximum absolute atomic E-state index is 12.6. The quantitative estimate of drug-likeness (QED) is 0.727. The van der Waals surface area contributed by atoms with Gasteiger partial charge < -0.3 is 9.64 Å². The highest BCUT2D eigenvalue weighted by atomic mass is 16.5. The second-order valence-electron chi connectivity index (χ2n) is 6.36. The van der Waals surface area contributed by atoms with Gasteiger partial charge >= 0.3 is 5.97 Å². The summed E-state index contributed by atoms with van der Waals surface area (Å²) < 4.78 is 6.29. The van der Waals surface area contributed by atoms with E-state index in [1.54, 1.807) is 4.52 Å². The maximum Gasteiger partial charge on any atom is 0.325 e. The van der Waals surface area contributed by atoms with Gasteiger partial charge in [-0.2, -0.15) is 10.4 Å². The number of rotatable bonds is 6. The van der Waals surface area contributed by atoms with Crippen LogP contribution in [0.5, 0.6) is 0 Å². The lowest BCUT2D eigenvalue weighted by atomic mass is 10.1. The van der Waals surface area contributed by atoms with Gasteiger partial charge in [-0.25, -0.2) is 9.50 Å². The van der Waals surface area contributed by atoms with Gasteiger partial charge in [0, 0.05) is 23.9 Å². The number of amides is 1. The van der Waals surface area contributed by atoms with Gasteiger partial charge in [-0.1, -0.05) is 0 Å². The molecule has 8 heteroatoms. The van der Waals surface area contributed by atoms with Crippen LogP contribution in [0.4, 0.5) is 0 Å². The summed E-state index contributed by atoms with van der Waals surface area (Å²) in [6, 6.07) is 1.97. The van der Waals surface area contributed by atoms with E-state index in [1.165, 1.54) is 18.2 Å². The van der Waals surface area contributed by atoms with Gasteiger partial charge in [0.15, 0.2) is 5.65 Å². The fourth-order valence-corrected chi connectivity index (χ4v) is 2.89. The monoisotopic (exact) mass is 357 g/mol. The van der Waals surface area contributed by atoms with Crippen molar-refractivity contribution in [1.29, 1.82) is 5.26 Å². The first kappa shape index (κ1) is 19.4. The van der Waals surface area contributed by atoms with Crippen LogP contribution in [0.3, 0.4) is 0 Å². The lowest BCUT2D eigenvalue weighted by molar-refractivity contribution is -0.148. The summed E-state index contributed by atoms with van der Waals surface area (Å²) in [5.74, 6) is -0.564. The summed E-state index contributed by atoms with van der Waals surface area (Å²) in [7, 11) is 1.30. The molecule has 0 aliphatic carbocycles. The average molecular weight is 357 g/mol. The summed E-state index contributed by atoms with van der Waals surface area (Å²) in [6.07, 6.45) is 2.21. The topological polar surface area (TPSA) is 101 Å². The smallest absolute Gasteiger partial charge is 0.325 e. The van der Waals surface area contributed by atoms with Crippen LogP contribution in [0.15, 0.2) is 6.20 Å². The van der Waals surface area contributed by atoms with Crippen LogP contribution >= 0.6 is 0 Å². The molecule has 2 aromatic rings. The summed E-state index contributed by atoms with van der Waals surface area (Å²) in [5.41, 5.74) is 3.48. The molecule has 0 aliphatic rings. The third kappa shape index (κ3) is 3.82. The minimum absolute atomic E-state index is 0.0626. The third-order valence-electron chi connectivity index (χ3n) is 4.39. The van der Waals surface area contributed by atoms with E-state index in [9.17, 15) is 9.59 Å². The number of methoxy groups -OCH3 is 1. The van der Waals surface area contributed by atoms with Crippen molar-refractivity contribution in [2.24, 2.45) is 0 Å². The molecular weight excluding hydrogens is 334 g/mol. The van der Waals surface area contributed by atoms with Crippen molar-refractivity contribution in [3.63, 3.8) is 0 Å². The van der Waals surface area contributed by atoms with E-state index < -0.39 is 5.97 Å². The first-order chi connectivity index (χ1) is 12.3. The molecule has 8 nitrogen and oxygen atoms in total. The number of nitriles is 1. The summed E-state index contributed by atoms with van der Waals surface area (Å²) in [4.78, 5) is 30.1. The second kappa shape index (κ2) is 7.95. The Labute approximate surface area is 152 Å². The van der Waals surface area contributed by atoms with Crippen molar-refractivity contribution < 1.29 is 14.3 Å². The molecule has 138 valence electrons. The second-order valence-corrected chi connectivity index (χ2v) is 6.36. The number of hydrogen-bond donors (Lipinski definition) is 0. The van der Waals surface area contributed by atoms with Crippen LogP contribution < -0.4 is 0 Å². The molecule has 0 aliphatic heterocycles. The lowest BCUT2D eigenvalue weighted by Gasteiger charge is -2.25. The molecule has 0 saturated carbocycles. The number of hydrogen-bond acceptors (Lipinski definition) is 6. The lowest BCUT2D eigenvalue weighted by Crippen LogP contribution is -2.41. The molecule has 0 unspecified atom stereocenters. The zero-order valence-electron chi connectivity index (χ0n) is 15.7. The number of ether oxygens (including phenoxy) is 1. The molecule has 2 aromatic heterocycles. The number of aromatic nitrogens is 3. The normalized spacial score (nSPS) is 10.8. The van der Waals surface area contributed by atoms with Crippen LogP contribution in [-0.2, 0) is 20.7 Å². The van der Waals surface area contributed by atoms with Gasteiger partial charge in [-0.3, -0.25) is 9.59 Å². The van der Waals surface area contributed by atoms with Crippen molar-refractivity contribution in [1.82, 2.24) is 19.5 Å². The minimum atomic E-state index is -0.442. The van der Waals surface area contributed by atoms with Crippen molar-refractivity contribution in [3.8, 4) is 6.07 Å². The standard InChI is InChI=1S/C18H23N5O3/c1-11(2)22(10-17(25)26-5)16(24)7-6-15-12(3)21-18-14(8-19)9-20-23(18)13(15)4/h9,11H,6-7,10H2,1-5H3. The van der Waals surface area contributed by atoms with Crippen molar-refractivity contribution in [3.05, 3.63) is 28.7 Å². The van der Waals surface area contributed by atoms with Gasteiger partial charge in [0.1, 0.15) is 18.2 Å². The predicted octanol–water partition coefficient (Wildman–Crippen LogP) is 1.56. The zero-order valence-corrected chi connectivity index (χ0v) is 15.7. The first-order valence-corrected chi connectivity index (χ1v) is 8.40. The molecule has 2 heterocycles. The Bertz CT molecular complexity index is 879. The van der Waals surface area contributed by atoms with Crippen LogP contribution in [0.2, 0.25) is 0 Å². The Hall–Kier alpha value is -2.95. The highest BCUT2D eigenvalue weighted by Crippen LogP contribution is 2.19. The number of esters is 1. The third-order valence-corrected chi connectivity index (χ3v) is 4.39. The molecule has 0 atom stereocenters. The minimum Gasteiger partial charge on any atom is -0.468 e. The Balaban J connectivity index is 2.22. The van der Waals surface area contributed by atoms with Gasteiger partial charge in [-0.15, -0.1) is 0 Å². The summed E-state index contributed by atoms with van der Waals surface area (Å²) in [5, 5.41) is 13.3. The molecule has 0 aromatic carbocycles. The Morgan fingerprint density at radius 3 is 2.65 bits per heavy atom. The van der Waals surface area contributed by atoms with Crippen molar-refractivity contribution in [2.45, 2.75) is 46.6 Å². The number of nitrogens with zero attached hydrogens (tertiary/aromatic N) is 5. The number of fused-ring (bicyclic) bond motifs is 1. The van der Waals surface area contributed by atoms with Crippen LogP contribution in [0.1, 0.15) is 42.8 Å². The highest BCUT2D eigenvalue weighted by molar-refractivity contribution is 5.82. The Morgan fingerprint density at radius 1 is 1.38 bits per heavy atom. The van der Waals surface area contributed by atoms with Gasteiger partial charge in [-0.05, 0) is 39.7 Å². The number of carbonyl (C=O) groups excluding carboxylic acids is 2. The largest absolute Gasteiger partial charge is 0.468 e. The molecule has 26 heavy (non-hydrogen) atoms. The van der Waals surface area contributed by atoms with Gasteiger partial charge in [0.2, 0.25) is 5.91 Å². The van der Waals surface area contributed by atoms with E-state index in [4.69, 9.17) is 5.26 Å². The van der Waals surface area contributed by atoms with Crippen molar-refractivity contribution in [2.75, 3.05) is 13.7 Å². The number of aryl methyl sites for hydroxylation is 2.